The third-order valence-electron chi connectivity index (χ3n) is 10.4. The number of para-hydroxylation sites is 1. The maximum atomic E-state index is 6.26. The largest absolute Gasteiger partial charge is 0.456 e. The molecule has 0 bridgehead atoms. The van der Waals surface area contributed by atoms with E-state index in [1.54, 1.807) is 0 Å². The van der Waals surface area contributed by atoms with E-state index in [4.69, 9.17) is 14.4 Å². The van der Waals surface area contributed by atoms with Gasteiger partial charge in [-0.1, -0.05) is 115 Å². The number of benzene rings is 8. The number of rotatable bonds is 4. The van der Waals surface area contributed by atoms with Crippen LogP contribution < -0.4 is 0 Å². The predicted molar refractivity (Wildman–Crippen MR) is 215 cm³/mol. The molecule has 4 nitrogen and oxygen atoms in total. The van der Waals surface area contributed by atoms with E-state index in [-0.39, 0.29) is 0 Å². The van der Waals surface area contributed by atoms with Gasteiger partial charge in [0.2, 0.25) is 0 Å². The van der Waals surface area contributed by atoms with E-state index in [0.717, 1.165) is 55.7 Å². The third-order valence-corrected chi connectivity index (χ3v) is 10.4. The number of nitrogens with zero attached hydrogens (tertiary/aromatic N) is 3. The van der Waals surface area contributed by atoms with Crippen LogP contribution in [0.5, 0.6) is 0 Å². The van der Waals surface area contributed by atoms with Crippen LogP contribution in [0.3, 0.4) is 0 Å². The fraction of sp³-hybridized carbons (Fsp3) is 0. The van der Waals surface area contributed by atoms with Crippen LogP contribution >= 0.6 is 0 Å². The van der Waals surface area contributed by atoms with Gasteiger partial charge in [0.25, 0.3) is 0 Å². The molecular weight excluding hydrogens is 635 g/mol. The van der Waals surface area contributed by atoms with Gasteiger partial charge in [-0.05, 0) is 82.2 Å². The minimum atomic E-state index is 0.673. The lowest BCUT2D eigenvalue weighted by atomic mass is 10.00. The van der Waals surface area contributed by atoms with Crippen LogP contribution in [0.25, 0.3) is 105 Å². The van der Waals surface area contributed by atoms with E-state index in [0.29, 0.717) is 5.82 Å². The van der Waals surface area contributed by atoms with Gasteiger partial charge in [-0.25, -0.2) is 9.97 Å². The lowest BCUT2D eigenvalue weighted by molar-refractivity contribution is 0.669. The summed E-state index contributed by atoms with van der Waals surface area (Å²) in [5.41, 5.74) is 9.86. The minimum absolute atomic E-state index is 0.673. The summed E-state index contributed by atoms with van der Waals surface area (Å²) in [6.45, 7) is 0. The first-order valence-corrected chi connectivity index (χ1v) is 17.6. The molecule has 11 aromatic rings. The summed E-state index contributed by atoms with van der Waals surface area (Å²) in [6.07, 6.45) is 0. The average molecular weight is 664 g/mol. The molecule has 0 saturated carbocycles. The molecule has 0 aliphatic heterocycles. The Morgan fingerprint density at radius 1 is 0.385 bits per heavy atom. The second-order valence-corrected chi connectivity index (χ2v) is 13.4. The summed E-state index contributed by atoms with van der Waals surface area (Å²) in [7, 11) is 0. The highest BCUT2D eigenvalue weighted by Gasteiger charge is 2.18. The van der Waals surface area contributed by atoms with Crippen molar-refractivity contribution in [1.29, 1.82) is 0 Å². The van der Waals surface area contributed by atoms with Crippen molar-refractivity contribution in [3.8, 4) is 39.6 Å². The fourth-order valence-electron chi connectivity index (χ4n) is 7.95. The lowest BCUT2D eigenvalue weighted by Crippen LogP contribution is -1.97. The van der Waals surface area contributed by atoms with E-state index in [1.165, 1.54) is 43.4 Å². The normalized spacial score (nSPS) is 11.8. The fourth-order valence-corrected chi connectivity index (χ4v) is 7.95. The van der Waals surface area contributed by atoms with Gasteiger partial charge in [0.05, 0.1) is 22.4 Å². The minimum Gasteiger partial charge on any atom is -0.456 e. The van der Waals surface area contributed by atoms with Crippen molar-refractivity contribution in [3.05, 3.63) is 176 Å². The number of fused-ring (bicyclic) bond motifs is 10. The van der Waals surface area contributed by atoms with Gasteiger partial charge >= 0.3 is 0 Å². The van der Waals surface area contributed by atoms with Gasteiger partial charge in [0.1, 0.15) is 11.2 Å². The van der Waals surface area contributed by atoms with Crippen LogP contribution in [0, 0.1) is 0 Å². The van der Waals surface area contributed by atoms with Gasteiger partial charge in [-0.15, -0.1) is 0 Å². The van der Waals surface area contributed by atoms with Crippen LogP contribution in [-0.4, -0.2) is 14.5 Å². The van der Waals surface area contributed by atoms with Crippen LogP contribution in [0.15, 0.2) is 180 Å². The topological polar surface area (TPSA) is 43.9 Å². The standard InChI is InChI=1S/C48H29N3O/c1-2-12-32(13-3-1)40-29-41(34-20-25-39-38-16-8-9-17-44(38)52-45(39)28-34)50-48(49-40)33-18-23-35(24-19-33)51-42-26-21-30-10-4-6-14-36(30)46(42)47-37-15-7-5-11-31(37)22-27-43(47)51/h1-29H. The zero-order chi connectivity index (χ0) is 34.2. The van der Waals surface area contributed by atoms with E-state index in [9.17, 15) is 0 Å². The summed E-state index contributed by atoms with van der Waals surface area (Å²) < 4.78 is 8.65. The molecule has 0 N–H and O–H groups in total. The van der Waals surface area contributed by atoms with Crippen LogP contribution in [-0.2, 0) is 0 Å². The number of hydrogen-bond donors (Lipinski definition) is 0. The van der Waals surface area contributed by atoms with Gasteiger partial charge in [-0.2, -0.15) is 0 Å². The van der Waals surface area contributed by atoms with Gasteiger partial charge in [-0.3, -0.25) is 0 Å². The van der Waals surface area contributed by atoms with Crippen LogP contribution in [0.2, 0.25) is 0 Å². The number of furan rings is 1. The molecule has 0 atom stereocenters. The Hall–Kier alpha value is -7.04. The quantitative estimate of drug-likeness (QED) is 0.188. The highest BCUT2D eigenvalue weighted by atomic mass is 16.3. The van der Waals surface area contributed by atoms with E-state index >= 15 is 0 Å². The Labute approximate surface area is 298 Å². The molecule has 0 saturated heterocycles. The van der Waals surface area contributed by atoms with Gasteiger partial charge in [0, 0.05) is 43.9 Å². The second kappa shape index (κ2) is 11.2. The zero-order valence-electron chi connectivity index (χ0n) is 28.0. The van der Waals surface area contributed by atoms with Crippen molar-refractivity contribution in [2.45, 2.75) is 0 Å². The molecule has 0 spiro atoms. The first-order chi connectivity index (χ1) is 25.8. The van der Waals surface area contributed by atoms with Crippen molar-refractivity contribution in [2.75, 3.05) is 0 Å². The first kappa shape index (κ1) is 28.8. The first-order valence-electron chi connectivity index (χ1n) is 17.6. The molecule has 52 heavy (non-hydrogen) atoms. The monoisotopic (exact) mass is 663 g/mol. The Kier molecular flexibility index (Phi) is 6.22. The van der Waals surface area contributed by atoms with E-state index < -0.39 is 0 Å². The Balaban J connectivity index is 1.08. The summed E-state index contributed by atoms with van der Waals surface area (Å²) in [4.78, 5) is 10.3. The molecule has 0 unspecified atom stereocenters. The maximum absolute atomic E-state index is 6.26. The summed E-state index contributed by atoms with van der Waals surface area (Å²) >= 11 is 0. The average Bonchev–Trinajstić information content (AvgIpc) is 3.77. The molecule has 3 heterocycles. The molecule has 3 aromatic heterocycles. The molecule has 11 rings (SSSR count). The molecule has 4 heteroatoms. The Morgan fingerprint density at radius 3 is 1.63 bits per heavy atom. The number of aromatic nitrogens is 3. The third kappa shape index (κ3) is 4.41. The molecule has 0 aliphatic rings. The molecule has 0 amide bonds. The summed E-state index contributed by atoms with van der Waals surface area (Å²) in [5, 5.41) is 9.76. The Bertz CT molecular complexity index is 3080. The molecule has 242 valence electrons. The highest BCUT2D eigenvalue weighted by molar-refractivity contribution is 6.28. The second-order valence-electron chi connectivity index (χ2n) is 13.4. The SMILES string of the molecule is c1ccc(-c2cc(-c3ccc4c(c3)oc3ccccc34)nc(-c3ccc(-n4c5ccc6ccccc6c5c5c6ccccc6ccc54)cc3)n2)cc1. The van der Waals surface area contributed by atoms with Crippen LogP contribution in [0.1, 0.15) is 0 Å². The van der Waals surface area contributed by atoms with E-state index in [1.807, 2.05) is 36.4 Å². The molecular formula is C48H29N3O. The van der Waals surface area contributed by atoms with Crippen molar-refractivity contribution in [3.63, 3.8) is 0 Å². The van der Waals surface area contributed by atoms with Gasteiger partial charge in [0.15, 0.2) is 5.82 Å². The van der Waals surface area contributed by atoms with Crippen molar-refractivity contribution in [2.24, 2.45) is 0 Å². The lowest BCUT2D eigenvalue weighted by Gasteiger charge is -2.11. The molecule has 0 aliphatic carbocycles. The van der Waals surface area contributed by atoms with Crippen molar-refractivity contribution in [1.82, 2.24) is 14.5 Å². The molecule has 0 radical (unpaired) electrons. The Morgan fingerprint density at radius 2 is 0.942 bits per heavy atom. The maximum Gasteiger partial charge on any atom is 0.160 e. The summed E-state index contributed by atoms with van der Waals surface area (Å²) in [6, 6.07) is 61.9. The molecule has 0 fully saturated rings. The van der Waals surface area contributed by atoms with Gasteiger partial charge < -0.3 is 8.98 Å². The highest BCUT2D eigenvalue weighted by Crippen LogP contribution is 2.41. The van der Waals surface area contributed by atoms with Crippen molar-refractivity contribution < 1.29 is 4.42 Å². The summed E-state index contributed by atoms with van der Waals surface area (Å²) in [5.74, 6) is 0.673. The predicted octanol–water partition coefficient (Wildman–Crippen LogP) is 12.8. The van der Waals surface area contributed by atoms with E-state index in [2.05, 4.69) is 144 Å². The number of hydrogen-bond acceptors (Lipinski definition) is 3. The smallest absolute Gasteiger partial charge is 0.160 e. The molecule has 8 aromatic carbocycles. The zero-order valence-corrected chi connectivity index (χ0v) is 28.0. The van der Waals surface area contributed by atoms with Crippen molar-refractivity contribution >= 4 is 65.3 Å². The van der Waals surface area contributed by atoms with Crippen LogP contribution in [0.4, 0.5) is 0 Å².